The fourth-order valence-electron chi connectivity index (χ4n) is 12.7. The first-order valence-corrected chi connectivity index (χ1v) is 26.9. The van der Waals surface area contributed by atoms with Gasteiger partial charge in [-0.15, -0.1) is 0 Å². The lowest BCUT2D eigenvalue weighted by atomic mass is 9.75. The summed E-state index contributed by atoms with van der Waals surface area (Å²) in [5.74, 6) is 0. The van der Waals surface area contributed by atoms with E-state index in [1.54, 1.807) is 0 Å². The molecule has 0 saturated heterocycles. The van der Waals surface area contributed by atoms with Crippen molar-refractivity contribution in [2.75, 3.05) is 0 Å². The Bertz CT molecular complexity index is 3840. The van der Waals surface area contributed by atoms with E-state index < -0.39 is 0 Å². The second-order valence-corrected chi connectivity index (χ2v) is 25.7. The van der Waals surface area contributed by atoms with E-state index in [9.17, 15) is 0 Å². The van der Waals surface area contributed by atoms with Gasteiger partial charge in [-0.2, -0.15) is 0 Å². The fraction of sp³-hybridized carbons (Fsp3) is 0.216. The molecule has 74 heavy (non-hydrogen) atoms. The summed E-state index contributed by atoms with van der Waals surface area (Å²) >= 11 is 0. The maximum absolute atomic E-state index is 2.54. The number of rotatable bonds is 4. The third-order valence-corrected chi connectivity index (χ3v) is 16.7. The van der Waals surface area contributed by atoms with Crippen LogP contribution in [0.25, 0.3) is 132 Å². The van der Waals surface area contributed by atoms with Gasteiger partial charge >= 0.3 is 0 Å². The van der Waals surface area contributed by atoms with E-state index in [0.717, 1.165) is 0 Å². The van der Waals surface area contributed by atoms with E-state index in [4.69, 9.17) is 0 Å². The lowest BCUT2D eigenvalue weighted by Gasteiger charge is -2.29. The summed E-state index contributed by atoms with van der Waals surface area (Å²) < 4.78 is 0. The minimum Gasteiger partial charge on any atom is -0.0622 e. The predicted molar refractivity (Wildman–Crippen MR) is 322 cm³/mol. The maximum Gasteiger partial charge on any atom is -0.000740 e. The van der Waals surface area contributed by atoms with Crippen LogP contribution < -0.4 is 0 Å². The van der Waals surface area contributed by atoms with Gasteiger partial charge in [0.2, 0.25) is 0 Å². The third kappa shape index (κ3) is 7.01. The van der Waals surface area contributed by atoms with Gasteiger partial charge in [-0.25, -0.2) is 0 Å². The smallest absolute Gasteiger partial charge is 0.000740 e. The number of hydrogen-bond donors (Lipinski definition) is 0. The molecule has 11 aromatic carbocycles. The van der Waals surface area contributed by atoms with Crippen LogP contribution in [0.4, 0.5) is 0 Å². The van der Waals surface area contributed by atoms with E-state index >= 15 is 0 Å². The van der Waals surface area contributed by atoms with Crippen molar-refractivity contribution in [1.82, 2.24) is 0 Å². The average molecular weight is 955 g/mol. The van der Waals surface area contributed by atoms with Crippen molar-refractivity contribution in [3.63, 3.8) is 0 Å². The largest absolute Gasteiger partial charge is 0.0622 e. The molecule has 0 N–H and O–H groups in total. The Balaban J connectivity index is 1.25. The zero-order valence-corrected chi connectivity index (χ0v) is 45.3. The Hall–Kier alpha value is -7.54. The molecule has 362 valence electrons. The van der Waals surface area contributed by atoms with E-state index in [0.29, 0.717) is 0 Å². The monoisotopic (exact) mass is 955 g/mol. The van der Waals surface area contributed by atoms with Crippen molar-refractivity contribution in [3.8, 4) is 89.0 Å². The zero-order chi connectivity index (χ0) is 51.4. The lowest BCUT2D eigenvalue weighted by molar-refractivity contribution is 0.568. The lowest BCUT2D eigenvalue weighted by Crippen LogP contribution is -2.17. The van der Waals surface area contributed by atoms with Gasteiger partial charge < -0.3 is 0 Å². The first-order valence-electron chi connectivity index (χ1n) is 26.9. The highest BCUT2D eigenvalue weighted by Crippen LogP contribution is 2.65. The van der Waals surface area contributed by atoms with Crippen LogP contribution in [0, 0.1) is 0 Å². The Kier molecular flexibility index (Phi) is 9.99. The molecule has 2 aliphatic rings. The summed E-state index contributed by atoms with van der Waals surface area (Å²) in [4.78, 5) is 0. The molecular weight excluding hydrogens is 889 g/mol. The number of hydrogen-bond acceptors (Lipinski definition) is 0. The van der Waals surface area contributed by atoms with Gasteiger partial charge in [0.1, 0.15) is 0 Å². The molecule has 0 saturated carbocycles. The maximum atomic E-state index is 2.54. The van der Waals surface area contributed by atoms with Crippen LogP contribution in [0.3, 0.4) is 0 Å². The van der Waals surface area contributed by atoms with Crippen LogP contribution in [0.1, 0.15) is 105 Å². The first kappa shape index (κ1) is 46.3. The van der Waals surface area contributed by atoms with Crippen LogP contribution in [-0.2, 0) is 21.7 Å². The summed E-state index contributed by atoms with van der Waals surface area (Å²) in [6.07, 6.45) is 0. The molecule has 0 unspecified atom stereocenters. The standard InChI is InChI=1S/C74H66/c1-71(2,3)49-35-47(36-50(41-49)72(4,5)6)63-59-39-45-27-19-20-28-46(45)40-60(59)64(48-37-51(73(7,8)9)42-52(38-48)74(10,11)12)70-58-34-32-56-65-55(31-33-57(66(58)65)69(63)70)67-61(43-23-15-13-16-24-43)53-29-21-22-30-54(53)62(68(56)67)44-25-17-14-18-26-44/h13-42H,1-12H3. The average Bonchev–Trinajstić information content (AvgIpc) is 3.94. The van der Waals surface area contributed by atoms with Gasteiger partial charge in [0.05, 0.1) is 0 Å². The second kappa shape index (κ2) is 16.0. The van der Waals surface area contributed by atoms with Crippen molar-refractivity contribution in [3.05, 3.63) is 204 Å². The molecule has 0 bridgehead atoms. The van der Waals surface area contributed by atoms with Gasteiger partial charge in [-0.1, -0.05) is 253 Å². The quantitative estimate of drug-likeness (QED) is 0.154. The molecule has 0 spiro atoms. The van der Waals surface area contributed by atoms with Crippen LogP contribution in [0.5, 0.6) is 0 Å². The highest BCUT2D eigenvalue weighted by Gasteiger charge is 2.38. The minimum atomic E-state index is -0.0633. The summed E-state index contributed by atoms with van der Waals surface area (Å²) in [6.45, 7) is 28.5. The molecule has 0 nitrogen and oxygen atoms in total. The van der Waals surface area contributed by atoms with Crippen LogP contribution in [0.15, 0.2) is 182 Å². The molecule has 0 heteroatoms. The van der Waals surface area contributed by atoms with Crippen molar-refractivity contribution >= 4 is 43.1 Å². The van der Waals surface area contributed by atoms with Crippen LogP contribution in [-0.4, -0.2) is 0 Å². The molecule has 0 amide bonds. The Morgan fingerprint density at radius 2 is 0.486 bits per heavy atom. The predicted octanol–water partition coefficient (Wildman–Crippen LogP) is 21.5. The number of benzene rings is 11. The minimum absolute atomic E-state index is 0.0633. The molecule has 0 radical (unpaired) electrons. The van der Waals surface area contributed by atoms with Crippen molar-refractivity contribution in [2.24, 2.45) is 0 Å². The van der Waals surface area contributed by atoms with E-state index in [1.165, 1.54) is 154 Å². The summed E-state index contributed by atoms with van der Waals surface area (Å²) in [5, 5.41) is 10.4. The Morgan fingerprint density at radius 1 is 0.216 bits per heavy atom. The van der Waals surface area contributed by atoms with Gasteiger partial charge in [0, 0.05) is 0 Å². The number of fused-ring (bicyclic) bond motifs is 9. The Labute approximate surface area is 438 Å². The molecule has 0 aliphatic heterocycles. The van der Waals surface area contributed by atoms with Gasteiger partial charge in [0.25, 0.3) is 0 Å². The van der Waals surface area contributed by atoms with Crippen molar-refractivity contribution in [1.29, 1.82) is 0 Å². The summed E-state index contributed by atoms with van der Waals surface area (Å²) in [7, 11) is 0. The fourth-order valence-corrected chi connectivity index (χ4v) is 12.7. The van der Waals surface area contributed by atoms with Gasteiger partial charge in [-0.05, 0) is 188 Å². The molecule has 2 aliphatic carbocycles. The summed E-state index contributed by atoms with van der Waals surface area (Å²) in [6, 6.07) is 70.6. The molecule has 11 aromatic rings. The van der Waals surface area contributed by atoms with Gasteiger partial charge in [-0.3, -0.25) is 0 Å². The molecule has 0 heterocycles. The third-order valence-electron chi connectivity index (χ3n) is 16.7. The molecular formula is C74H66. The van der Waals surface area contributed by atoms with E-state index in [2.05, 4.69) is 265 Å². The molecule has 0 fully saturated rings. The highest BCUT2D eigenvalue weighted by molar-refractivity contribution is 6.35. The SMILES string of the molecule is CC(C)(C)c1cc(-c2c3c(c(-c4cc(C(C)(C)C)cc(C(C)(C)C)c4)c4cc5ccccc5cc24)-c2ccc4c5c(ccc-3c25)-c2c-4c(-c3ccccc3)c3ccccc3c2-c2ccccc2)cc(C(C)(C)C)c1. The van der Waals surface area contributed by atoms with Crippen LogP contribution >= 0.6 is 0 Å². The van der Waals surface area contributed by atoms with E-state index in [-0.39, 0.29) is 21.7 Å². The van der Waals surface area contributed by atoms with Crippen molar-refractivity contribution < 1.29 is 0 Å². The van der Waals surface area contributed by atoms with E-state index in [1.807, 2.05) is 0 Å². The second-order valence-electron chi connectivity index (χ2n) is 25.7. The Morgan fingerprint density at radius 3 is 0.784 bits per heavy atom. The normalized spacial score (nSPS) is 13.1. The molecule has 0 atom stereocenters. The zero-order valence-electron chi connectivity index (χ0n) is 45.3. The van der Waals surface area contributed by atoms with Crippen LogP contribution in [0.2, 0.25) is 0 Å². The molecule has 0 aromatic heterocycles. The molecule has 13 rings (SSSR count). The topological polar surface area (TPSA) is 0 Å². The highest BCUT2D eigenvalue weighted by atomic mass is 14.4. The summed E-state index contributed by atoms with van der Waals surface area (Å²) in [5.41, 5.74) is 26.2. The first-order chi connectivity index (χ1) is 35.3. The van der Waals surface area contributed by atoms with Crippen molar-refractivity contribution in [2.45, 2.75) is 105 Å². The van der Waals surface area contributed by atoms with Gasteiger partial charge in [0.15, 0.2) is 0 Å².